The SMILES string of the molecule is Cc1nc(N)sc1C(=O)NN=Cc1ccccc1Cl. The highest BCUT2D eigenvalue weighted by molar-refractivity contribution is 7.17. The molecule has 1 aromatic carbocycles. The van der Waals surface area contributed by atoms with Crippen LogP contribution in [0, 0.1) is 6.92 Å². The summed E-state index contributed by atoms with van der Waals surface area (Å²) in [6.45, 7) is 1.72. The van der Waals surface area contributed by atoms with Gasteiger partial charge in [-0.1, -0.05) is 41.1 Å². The molecule has 0 aliphatic rings. The van der Waals surface area contributed by atoms with Gasteiger partial charge in [-0.25, -0.2) is 10.4 Å². The van der Waals surface area contributed by atoms with Crippen LogP contribution in [-0.2, 0) is 0 Å². The predicted octanol–water partition coefficient (Wildman–Crippen LogP) is 2.45. The Morgan fingerprint density at radius 2 is 2.26 bits per heavy atom. The normalized spacial score (nSPS) is 10.8. The van der Waals surface area contributed by atoms with Gasteiger partial charge in [0.05, 0.1) is 11.9 Å². The summed E-state index contributed by atoms with van der Waals surface area (Å²) in [5.41, 5.74) is 9.26. The van der Waals surface area contributed by atoms with Crippen molar-refractivity contribution in [3.05, 3.63) is 45.4 Å². The highest BCUT2D eigenvalue weighted by Crippen LogP contribution is 2.19. The number of nitrogens with two attached hydrogens (primary N) is 1. The van der Waals surface area contributed by atoms with E-state index in [4.69, 9.17) is 17.3 Å². The smallest absolute Gasteiger partial charge is 0.283 e. The second-order valence-corrected chi connectivity index (χ2v) is 5.13. The van der Waals surface area contributed by atoms with E-state index in [9.17, 15) is 4.79 Å². The Morgan fingerprint density at radius 1 is 1.53 bits per heavy atom. The van der Waals surface area contributed by atoms with E-state index in [1.807, 2.05) is 12.1 Å². The summed E-state index contributed by atoms with van der Waals surface area (Å²) in [5, 5.41) is 4.79. The molecule has 3 N–H and O–H groups in total. The molecule has 0 aliphatic heterocycles. The minimum atomic E-state index is -0.338. The maximum atomic E-state index is 11.8. The fourth-order valence-electron chi connectivity index (χ4n) is 1.42. The highest BCUT2D eigenvalue weighted by Gasteiger charge is 2.13. The molecule has 19 heavy (non-hydrogen) atoms. The fraction of sp³-hybridized carbons (Fsp3) is 0.0833. The number of hydrogen-bond donors (Lipinski definition) is 2. The van der Waals surface area contributed by atoms with Crippen LogP contribution >= 0.6 is 22.9 Å². The van der Waals surface area contributed by atoms with Gasteiger partial charge in [0.15, 0.2) is 5.13 Å². The molecule has 0 saturated carbocycles. The summed E-state index contributed by atoms with van der Waals surface area (Å²) >= 11 is 7.08. The fourth-order valence-corrected chi connectivity index (χ4v) is 2.33. The zero-order chi connectivity index (χ0) is 13.8. The number of hydrogen-bond acceptors (Lipinski definition) is 5. The second kappa shape index (κ2) is 5.81. The molecule has 1 heterocycles. The molecule has 1 amide bonds. The maximum Gasteiger partial charge on any atom is 0.283 e. The van der Waals surface area contributed by atoms with Gasteiger partial charge in [0, 0.05) is 10.6 Å². The molecule has 0 unspecified atom stereocenters. The third-order valence-corrected chi connectivity index (χ3v) is 3.62. The average Bonchev–Trinajstić information content (AvgIpc) is 2.71. The van der Waals surface area contributed by atoms with Gasteiger partial charge in [-0.3, -0.25) is 4.79 Å². The lowest BCUT2D eigenvalue weighted by Gasteiger charge is -1.98. The number of nitrogen functional groups attached to an aromatic ring is 1. The monoisotopic (exact) mass is 294 g/mol. The molecule has 2 rings (SSSR count). The topological polar surface area (TPSA) is 80.4 Å². The summed E-state index contributed by atoms with van der Waals surface area (Å²) < 4.78 is 0. The largest absolute Gasteiger partial charge is 0.375 e. The maximum absolute atomic E-state index is 11.8. The minimum absolute atomic E-state index is 0.338. The second-order valence-electron chi connectivity index (χ2n) is 3.69. The molecule has 2 aromatic rings. The molecule has 1 aromatic heterocycles. The van der Waals surface area contributed by atoms with E-state index in [0.717, 1.165) is 16.9 Å². The molecule has 0 atom stereocenters. The van der Waals surface area contributed by atoms with Crippen molar-refractivity contribution in [2.45, 2.75) is 6.92 Å². The van der Waals surface area contributed by atoms with Gasteiger partial charge >= 0.3 is 0 Å². The Morgan fingerprint density at radius 3 is 2.89 bits per heavy atom. The molecule has 0 bridgehead atoms. The number of aryl methyl sites for hydroxylation is 1. The Labute approximate surface area is 119 Å². The molecule has 5 nitrogen and oxygen atoms in total. The summed E-state index contributed by atoms with van der Waals surface area (Å²) in [4.78, 5) is 16.2. The number of carbonyl (C=O) groups is 1. The van der Waals surface area contributed by atoms with E-state index in [1.165, 1.54) is 6.21 Å². The molecule has 0 fully saturated rings. The number of nitrogens with zero attached hydrogens (tertiary/aromatic N) is 2. The number of anilines is 1. The van der Waals surface area contributed by atoms with Gasteiger partial charge in [0.1, 0.15) is 4.88 Å². The van der Waals surface area contributed by atoms with Crippen molar-refractivity contribution in [1.82, 2.24) is 10.4 Å². The van der Waals surface area contributed by atoms with Crippen LogP contribution in [0.2, 0.25) is 5.02 Å². The number of amides is 1. The van der Waals surface area contributed by atoms with Crippen molar-refractivity contribution in [2.24, 2.45) is 5.10 Å². The van der Waals surface area contributed by atoms with Crippen LogP contribution in [0.25, 0.3) is 0 Å². The van der Waals surface area contributed by atoms with Crippen molar-refractivity contribution >= 4 is 40.2 Å². The highest BCUT2D eigenvalue weighted by atomic mass is 35.5. The van der Waals surface area contributed by atoms with E-state index in [0.29, 0.717) is 20.7 Å². The molecular weight excluding hydrogens is 284 g/mol. The van der Waals surface area contributed by atoms with Crippen molar-refractivity contribution in [3.63, 3.8) is 0 Å². The van der Waals surface area contributed by atoms with Crippen LogP contribution in [0.5, 0.6) is 0 Å². The number of thiazole rings is 1. The molecule has 0 saturated heterocycles. The number of benzene rings is 1. The van der Waals surface area contributed by atoms with E-state index >= 15 is 0 Å². The molecule has 0 spiro atoms. The van der Waals surface area contributed by atoms with E-state index in [-0.39, 0.29) is 5.91 Å². The van der Waals surface area contributed by atoms with Crippen LogP contribution in [0.3, 0.4) is 0 Å². The van der Waals surface area contributed by atoms with Crippen LogP contribution in [-0.4, -0.2) is 17.1 Å². The Hall–Kier alpha value is -1.92. The van der Waals surface area contributed by atoms with Crippen molar-refractivity contribution in [3.8, 4) is 0 Å². The van der Waals surface area contributed by atoms with Gasteiger partial charge < -0.3 is 5.73 Å². The quantitative estimate of drug-likeness (QED) is 0.674. The van der Waals surface area contributed by atoms with E-state index in [2.05, 4.69) is 15.5 Å². The number of carbonyl (C=O) groups excluding carboxylic acids is 1. The first kappa shape index (κ1) is 13.5. The predicted molar refractivity (Wildman–Crippen MR) is 77.8 cm³/mol. The summed E-state index contributed by atoms with van der Waals surface area (Å²) in [6.07, 6.45) is 1.49. The van der Waals surface area contributed by atoms with Gasteiger partial charge in [0.25, 0.3) is 5.91 Å². The number of nitrogens with one attached hydrogen (secondary N) is 1. The van der Waals surface area contributed by atoms with Crippen LogP contribution in [0.4, 0.5) is 5.13 Å². The first-order valence-electron chi connectivity index (χ1n) is 5.39. The molecule has 7 heteroatoms. The van der Waals surface area contributed by atoms with Crippen molar-refractivity contribution in [1.29, 1.82) is 0 Å². The first-order valence-corrected chi connectivity index (χ1v) is 6.58. The lowest BCUT2D eigenvalue weighted by Crippen LogP contribution is -2.17. The zero-order valence-electron chi connectivity index (χ0n) is 10.1. The number of aromatic nitrogens is 1. The third-order valence-electron chi connectivity index (χ3n) is 2.29. The molecule has 0 radical (unpaired) electrons. The van der Waals surface area contributed by atoms with Crippen LogP contribution in [0.1, 0.15) is 20.9 Å². The van der Waals surface area contributed by atoms with Crippen LogP contribution in [0.15, 0.2) is 29.4 Å². The molecular formula is C12H11ClN4OS. The third kappa shape index (κ3) is 3.30. The van der Waals surface area contributed by atoms with Gasteiger partial charge in [-0.2, -0.15) is 5.10 Å². The summed E-state index contributed by atoms with van der Waals surface area (Å²) in [5.74, 6) is -0.338. The standard InChI is InChI=1S/C12H11ClN4OS/c1-7-10(19-12(14)16-7)11(18)17-15-6-8-4-2-3-5-9(8)13/h2-6H,1H3,(H2,14,16)(H,17,18). The van der Waals surface area contributed by atoms with Crippen molar-refractivity contribution < 1.29 is 4.79 Å². The van der Waals surface area contributed by atoms with Gasteiger partial charge in [0.2, 0.25) is 0 Å². The van der Waals surface area contributed by atoms with Gasteiger partial charge in [-0.05, 0) is 13.0 Å². The van der Waals surface area contributed by atoms with Crippen LogP contribution < -0.4 is 11.2 Å². The first-order chi connectivity index (χ1) is 9.08. The minimum Gasteiger partial charge on any atom is -0.375 e. The molecule has 0 aliphatic carbocycles. The number of hydrazone groups is 1. The summed E-state index contributed by atoms with van der Waals surface area (Å²) in [7, 11) is 0. The Bertz CT molecular complexity index is 638. The van der Waals surface area contributed by atoms with E-state index < -0.39 is 0 Å². The Balaban J connectivity index is 2.05. The van der Waals surface area contributed by atoms with Crippen molar-refractivity contribution in [2.75, 3.05) is 5.73 Å². The van der Waals surface area contributed by atoms with E-state index in [1.54, 1.807) is 19.1 Å². The number of rotatable bonds is 3. The number of halogens is 1. The lowest BCUT2D eigenvalue weighted by atomic mass is 10.2. The van der Waals surface area contributed by atoms with Gasteiger partial charge in [-0.15, -0.1) is 0 Å². The summed E-state index contributed by atoms with van der Waals surface area (Å²) in [6, 6.07) is 7.21. The lowest BCUT2D eigenvalue weighted by molar-refractivity contribution is 0.0958. The molecule has 98 valence electrons. The zero-order valence-corrected chi connectivity index (χ0v) is 11.6. The average molecular weight is 295 g/mol. The Kier molecular flexibility index (Phi) is 4.13.